The zero-order valence-corrected chi connectivity index (χ0v) is 21.8. The summed E-state index contributed by atoms with van der Waals surface area (Å²) < 4.78 is 62.6. The number of halogens is 3. The van der Waals surface area contributed by atoms with Crippen molar-refractivity contribution in [3.8, 4) is 5.75 Å². The monoisotopic (exact) mass is 505 g/mol. The Labute approximate surface area is 207 Å². The van der Waals surface area contributed by atoms with Crippen molar-refractivity contribution in [1.82, 2.24) is 5.32 Å². The molecule has 0 saturated heterocycles. The predicted octanol–water partition coefficient (Wildman–Crippen LogP) is 7.41. The number of rotatable bonds is 16. The molecule has 0 saturated carbocycles. The summed E-state index contributed by atoms with van der Waals surface area (Å²) in [6.45, 7) is 8.05. The van der Waals surface area contributed by atoms with Crippen LogP contribution in [-0.4, -0.2) is 38.7 Å². The lowest BCUT2D eigenvalue weighted by molar-refractivity contribution is -0.139. The number of carbonyl (C=O) groups is 1. The molecule has 0 aliphatic rings. The molecule has 1 rings (SSSR count). The molecule has 0 aromatic heterocycles. The third-order valence-electron chi connectivity index (χ3n) is 5.13. The van der Waals surface area contributed by atoms with Crippen LogP contribution in [0.25, 0.3) is 0 Å². The highest BCUT2D eigenvalue weighted by Gasteiger charge is 2.35. The number of carbonyl (C=O) groups excluding carboxylic acids is 1. The first-order valence-electron chi connectivity index (χ1n) is 12.4. The minimum Gasteiger partial charge on any atom is -0.493 e. The first kappa shape index (κ1) is 31.0. The van der Waals surface area contributed by atoms with E-state index in [4.69, 9.17) is 18.9 Å². The van der Waals surface area contributed by atoms with Crippen molar-refractivity contribution in [2.24, 2.45) is 0 Å². The number of methoxy groups -OCH3 is 1. The molecule has 0 aliphatic carbocycles. The van der Waals surface area contributed by atoms with Crippen LogP contribution in [-0.2, 0) is 20.4 Å². The molecule has 1 N–H and O–H groups in total. The summed E-state index contributed by atoms with van der Waals surface area (Å²) in [5, 5.41) is 2.68. The van der Waals surface area contributed by atoms with E-state index in [-0.39, 0.29) is 19.1 Å². The number of hydrogen-bond acceptors (Lipinski definition) is 5. The predicted molar refractivity (Wildman–Crippen MR) is 129 cm³/mol. The van der Waals surface area contributed by atoms with E-state index in [1.165, 1.54) is 13.2 Å². The number of alkyl halides is 3. The van der Waals surface area contributed by atoms with Crippen molar-refractivity contribution in [2.75, 3.05) is 27.1 Å². The number of amides is 1. The van der Waals surface area contributed by atoms with E-state index in [0.29, 0.717) is 31.4 Å². The van der Waals surface area contributed by atoms with Gasteiger partial charge in [0, 0.05) is 13.7 Å². The highest BCUT2D eigenvalue weighted by atomic mass is 19.4. The minimum absolute atomic E-state index is 0.0435. The Bertz CT molecular complexity index is 735. The average Bonchev–Trinajstić information content (AvgIpc) is 2.76. The van der Waals surface area contributed by atoms with Gasteiger partial charge in [0.15, 0.2) is 0 Å². The summed E-state index contributed by atoms with van der Waals surface area (Å²) in [7, 11) is 1.46. The molecule has 1 aromatic carbocycles. The van der Waals surface area contributed by atoms with E-state index in [0.717, 1.165) is 38.2 Å². The lowest BCUT2D eigenvalue weighted by atomic mass is 10.0. The molecule has 0 aliphatic heterocycles. The van der Waals surface area contributed by atoms with Crippen LogP contribution in [0.5, 0.6) is 5.75 Å². The first-order chi connectivity index (χ1) is 16.5. The molecular formula is C26H42F3NO5. The number of alkyl carbamates (subject to hydrolysis) is 1. The van der Waals surface area contributed by atoms with Gasteiger partial charge in [-0.3, -0.25) is 0 Å². The van der Waals surface area contributed by atoms with Crippen LogP contribution in [0, 0.1) is 0 Å². The number of nitrogens with one attached hydrogen (secondary N) is 1. The molecule has 6 nitrogen and oxygen atoms in total. The molecule has 0 spiro atoms. The third-order valence-corrected chi connectivity index (χ3v) is 5.13. The van der Waals surface area contributed by atoms with Gasteiger partial charge in [-0.05, 0) is 64.2 Å². The van der Waals surface area contributed by atoms with E-state index in [2.05, 4.69) is 12.2 Å². The molecule has 202 valence electrons. The summed E-state index contributed by atoms with van der Waals surface area (Å²) in [6, 6.07) is 4.09. The lowest BCUT2D eigenvalue weighted by Gasteiger charge is -2.21. The van der Waals surface area contributed by atoms with E-state index in [9.17, 15) is 18.0 Å². The van der Waals surface area contributed by atoms with Crippen LogP contribution in [0.1, 0.15) is 96.3 Å². The molecule has 35 heavy (non-hydrogen) atoms. The van der Waals surface area contributed by atoms with Crippen LogP contribution in [0.3, 0.4) is 0 Å². The standard InChI is InChI=1S/C26H42F3NO5/c1-6-7-8-9-12-17-33-23-15-14-20(18-21(23)26(27,28)29)22(34-19-32-5)13-10-11-16-30-24(31)35-25(2,3)4/h14-15,18,22H,6-13,16-17,19H2,1-5H3,(H,30,31). The average molecular weight is 506 g/mol. The highest BCUT2D eigenvalue weighted by molar-refractivity contribution is 5.67. The molecule has 9 heteroatoms. The SMILES string of the molecule is CCCCCCCOc1ccc(C(CCCCNC(=O)OC(C)(C)C)OCOC)cc1C(F)(F)F. The summed E-state index contributed by atoms with van der Waals surface area (Å²) in [6.07, 6.45) is 1.01. The third kappa shape index (κ3) is 13.6. The van der Waals surface area contributed by atoms with Crippen LogP contribution >= 0.6 is 0 Å². The van der Waals surface area contributed by atoms with Gasteiger partial charge in [0.25, 0.3) is 0 Å². The van der Waals surface area contributed by atoms with Crippen molar-refractivity contribution < 1.29 is 36.9 Å². The second kappa shape index (κ2) is 15.9. The maximum atomic E-state index is 13.8. The number of unbranched alkanes of at least 4 members (excludes halogenated alkanes) is 5. The summed E-state index contributed by atoms with van der Waals surface area (Å²) in [4.78, 5) is 11.7. The fraction of sp³-hybridized carbons (Fsp3) is 0.731. The Balaban J connectivity index is 2.75. The molecule has 0 radical (unpaired) electrons. The smallest absolute Gasteiger partial charge is 0.419 e. The van der Waals surface area contributed by atoms with E-state index in [1.54, 1.807) is 26.8 Å². The Kier molecular flexibility index (Phi) is 14.1. The van der Waals surface area contributed by atoms with Gasteiger partial charge in [-0.2, -0.15) is 13.2 Å². The highest BCUT2D eigenvalue weighted by Crippen LogP contribution is 2.39. The Morgan fingerprint density at radius 3 is 2.37 bits per heavy atom. The molecule has 1 unspecified atom stereocenters. The quantitative estimate of drug-likeness (QED) is 0.187. The molecule has 0 fully saturated rings. The Morgan fingerprint density at radius 1 is 1.03 bits per heavy atom. The van der Waals surface area contributed by atoms with Gasteiger partial charge in [-0.15, -0.1) is 0 Å². The van der Waals surface area contributed by atoms with Crippen LogP contribution in [0.15, 0.2) is 18.2 Å². The van der Waals surface area contributed by atoms with Crippen molar-refractivity contribution in [1.29, 1.82) is 0 Å². The van der Waals surface area contributed by atoms with Gasteiger partial charge in [0.1, 0.15) is 18.1 Å². The molecule has 1 atom stereocenters. The molecule has 1 amide bonds. The van der Waals surface area contributed by atoms with E-state index < -0.39 is 29.5 Å². The van der Waals surface area contributed by atoms with Gasteiger partial charge < -0.3 is 24.3 Å². The van der Waals surface area contributed by atoms with Crippen LogP contribution in [0.4, 0.5) is 18.0 Å². The van der Waals surface area contributed by atoms with Gasteiger partial charge in [-0.25, -0.2) is 4.79 Å². The van der Waals surface area contributed by atoms with Gasteiger partial charge in [0.05, 0.1) is 18.3 Å². The number of ether oxygens (including phenoxy) is 4. The maximum Gasteiger partial charge on any atom is 0.419 e. The summed E-state index contributed by atoms with van der Waals surface area (Å²) >= 11 is 0. The molecule has 1 aromatic rings. The topological polar surface area (TPSA) is 66.0 Å². The molecule has 0 heterocycles. The van der Waals surface area contributed by atoms with Crippen LogP contribution in [0.2, 0.25) is 0 Å². The minimum atomic E-state index is -4.54. The largest absolute Gasteiger partial charge is 0.493 e. The van der Waals surface area contributed by atoms with E-state index >= 15 is 0 Å². The second-order valence-electron chi connectivity index (χ2n) is 9.50. The second-order valence-corrected chi connectivity index (χ2v) is 9.50. The van der Waals surface area contributed by atoms with E-state index in [1.807, 2.05) is 0 Å². The number of hydrogen-bond donors (Lipinski definition) is 1. The zero-order chi connectivity index (χ0) is 26.3. The maximum absolute atomic E-state index is 13.8. The fourth-order valence-electron chi connectivity index (χ4n) is 3.44. The van der Waals surface area contributed by atoms with Gasteiger partial charge in [0.2, 0.25) is 0 Å². The first-order valence-corrected chi connectivity index (χ1v) is 12.4. The molecular weight excluding hydrogens is 463 g/mol. The lowest BCUT2D eigenvalue weighted by Crippen LogP contribution is -2.33. The summed E-state index contributed by atoms with van der Waals surface area (Å²) in [5.74, 6) is -0.163. The van der Waals surface area contributed by atoms with Gasteiger partial charge >= 0.3 is 12.3 Å². The van der Waals surface area contributed by atoms with Crippen molar-refractivity contribution >= 4 is 6.09 Å². The van der Waals surface area contributed by atoms with Crippen molar-refractivity contribution in [3.05, 3.63) is 29.3 Å². The van der Waals surface area contributed by atoms with Crippen molar-refractivity contribution in [3.63, 3.8) is 0 Å². The Morgan fingerprint density at radius 2 is 1.74 bits per heavy atom. The summed E-state index contributed by atoms with van der Waals surface area (Å²) in [5.41, 5.74) is -0.976. The zero-order valence-electron chi connectivity index (χ0n) is 21.8. The number of benzene rings is 1. The Hall–Kier alpha value is -2.00. The molecule has 0 bridgehead atoms. The van der Waals surface area contributed by atoms with Crippen LogP contribution < -0.4 is 10.1 Å². The normalized spacial score (nSPS) is 12.9. The van der Waals surface area contributed by atoms with Crippen molar-refractivity contribution in [2.45, 2.75) is 96.9 Å². The fourth-order valence-corrected chi connectivity index (χ4v) is 3.44. The van der Waals surface area contributed by atoms with Gasteiger partial charge in [-0.1, -0.05) is 38.7 Å².